The summed E-state index contributed by atoms with van der Waals surface area (Å²) in [6.07, 6.45) is 6.96. The van der Waals surface area contributed by atoms with Crippen molar-refractivity contribution in [2.75, 3.05) is 7.05 Å². The zero-order valence-corrected chi connectivity index (χ0v) is 11.1. The van der Waals surface area contributed by atoms with Crippen LogP contribution >= 0.6 is 11.6 Å². The summed E-state index contributed by atoms with van der Waals surface area (Å²) >= 11 is 6.12. The molecule has 1 rings (SSSR count). The second-order valence-electron chi connectivity index (χ2n) is 4.33. The average Bonchev–Trinajstić information content (AvgIpc) is 2.28. The van der Waals surface area contributed by atoms with Crippen molar-refractivity contribution in [3.8, 4) is 0 Å². The van der Waals surface area contributed by atoms with Gasteiger partial charge in [-0.15, -0.1) is 0 Å². The van der Waals surface area contributed by atoms with Gasteiger partial charge in [0, 0.05) is 18.4 Å². The third-order valence-electron chi connectivity index (χ3n) is 3.10. The van der Waals surface area contributed by atoms with Crippen LogP contribution in [0.15, 0.2) is 18.5 Å². The first-order chi connectivity index (χ1) is 7.69. The van der Waals surface area contributed by atoms with Gasteiger partial charge in [0.05, 0.1) is 5.02 Å². The Morgan fingerprint density at radius 1 is 1.50 bits per heavy atom. The lowest BCUT2D eigenvalue weighted by Crippen LogP contribution is -2.34. The first-order valence-electron chi connectivity index (χ1n) is 5.94. The predicted molar refractivity (Wildman–Crippen MR) is 69.9 cm³/mol. The van der Waals surface area contributed by atoms with Crippen molar-refractivity contribution in [2.24, 2.45) is 5.92 Å². The van der Waals surface area contributed by atoms with Gasteiger partial charge < -0.3 is 5.32 Å². The normalized spacial score (nSPS) is 14.8. The Balaban J connectivity index is 2.66. The van der Waals surface area contributed by atoms with Crippen LogP contribution in [0.25, 0.3) is 0 Å². The zero-order chi connectivity index (χ0) is 12.0. The summed E-state index contributed by atoms with van der Waals surface area (Å²) in [6, 6.07) is 2.49. The standard InChI is InChI=1S/C13H21ClN2/c1-4-5-10(2)13(15-3)8-11-6-7-16-9-12(11)14/h6-7,9-10,13,15H,4-5,8H2,1-3H3. The second kappa shape index (κ2) is 6.87. The van der Waals surface area contributed by atoms with Gasteiger partial charge in [0.25, 0.3) is 0 Å². The first-order valence-corrected chi connectivity index (χ1v) is 6.32. The molecule has 0 aliphatic rings. The molecule has 0 radical (unpaired) electrons. The molecule has 0 bridgehead atoms. The van der Waals surface area contributed by atoms with Crippen LogP contribution in [0.5, 0.6) is 0 Å². The number of halogens is 1. The molecule has 0 aliphatic heterocycles. The van der Waals surface area contributed by atoms with E-state index in [-0.39, 0.29) is 0 Å². The number of nitrogens with zero attached hydrogens (tertiary/aromatic N) is 1. The van der Waals surface area contributed by atoms with E-state index in [9.17, 15) is 0 Å². The molecule has 2 unspecified atom stereocenters. The van der Waals surface area contributed by atoms with E-state index in [1.165, 1.54) is 18.4 Å². The van der Waals surface area contributed by atoms with Crippen LogP contribution in [0.3, 0.4) is 0 Å². The maximum absolute atomic E-state index is 6.12. The molecular formula is C13H21ClN2. The smallest absolute Gasteiger partial charge is 0.0621 e. The quantitative estimate of drug-likeness (QED) is 0.825. The number of likely N-dealkylation sites (N-methyl/N-ethyl adjacent to an activating group) is 1. The number of hydrogen-bond acceptors (Lipinski definition) is 2. The summed E-state index contributed by atoms with van der Waals surface area (Å²) in [4.78, 5) is 4.01. The molecule has 0 spiro atoms. The summed E-state index contributed by atoms with van der Waals surface area (Å²) in [5, 5.41) is 4.15. The molecule has 0 saturated heterocycles. The molecule has 90 valence electrons. The second-order valence-corrected chi connectivity index (χ2v) is 4.74. The van der Waals surface area contributed by atoms with E-state index in [0.717, 1.165) is 11.4 Å². The molecular weight excluding hydrogens is 220 g/mol. The molecule has 0 amide bonds. The maximum Gasteiger partial charge on any atom is 0.0621 e. The molecule has 3 heteroatoms. The lowest BCUT2D eigenvalue weighted by atomic mass is 9.92. The fraction of sp³-hybridized carbons (Fsp3) is 0.615. The summed E-state index contributed by atoms with van der Waals surface area (Å²) in [5.41, 5.74) is 1.18. The van der Waals surface area contributed by atoms with Gasteiger partial charge in [-0.2, -0.15) is 0 Å². The van der Waals surface area contributed by atoms with Crippen molar-refractivity contribution in [2.45, 2.75) is 39.2 Å². The van der Waals surface area contributed by atoms with E-state index in [1.54, 1.807) is 12.4 Å². The Kier molecular flexibility index (Phi) is 5.78. The minimum absolute atomic E-state index is 0.486. The largest absolute Gasteiger partial charge is 0.316 e. The monoisotopic (exact) mass is 240 g/mol. The van der Waals surface area contributed by atoms with E-state index >= 15 is 0 Å². The fourth-order valence-electron chi connectivity index (χ4n) is 2.05. The third kappa shape index (κ3) is 3.76. The predicted octanol–water partition coefficient (Wildman–Crippen LogP) is 3.30. The molecule has 1 N–H and O–H groups in total. The van der Waals surface area contributed by atoms with Crippen LogP contribution in [-0.4, -0.2) is 18.1 Å². The number of pyridine rings is 1. The van der Waals surface area contributed by atoms with E-state index < -0.39 is 0 Å². The van der Waals surface area contributed by atoms with E-state index in [0.29, 0.717) is 12.0 Å². The van der Waals surface area contributed by atoms with Crippen LogP contribution in [0.2, 0.25) is 5.02 Å². The van der Waals surface area contributed by atoms with Gasteiger partial charge in [-0.05, 0) is 37.4 Å². The zero-order valence-electron chi connectivity index (χ0n) is 10.3. The van der Waals surface area contributed by atoms with Gasteiger partial charge in [-0.3, -0.25) is 4.98 Å². The lowest BCUT2D eigenvalue weighted by molar-refractivity contribution is 0.371. The van der Waals surface area contributed by atoms with Gasteiger partial charge in [-0.1, -0.05) is 31.9 Å². The highest BCUT2D eigenvalue weighted by atomic mass is 35.5. The SMILES string of the molecule is CCCC(C)C(Cc1ccncc1Cl)NC. The summed E-state index contributed by atoms with van der Waals surface area (Å²) < 4.78 is 0. The summed E-state index contributed by atoms with van der Waals surface area (Å²) in [5.74, 6) is 0.666. The highest BCUT2D eigenvalue weighted by Crippen LogP contribution is 2.20. The third-order valence-corrected chi connectivity index (χ3v) is 3.44. The molecule has 16 heavy (non-hydrogen) atoms. The molecule has 0 saturated carbocycles. The van der Waals surface area contributed by atoms with Crippen molar-refractivity contribution in [1.29, 1.82) is 0 Å². The molecule has 2 atom stereocenters. The average molecular weight is 241 g/mol. The van der Waals surface area contributed by atoms with E-state index in [2.05, 4.69) is 24.1 Å². The molecule has 2 nitrogen and oxygen atoms in total. The summed E-state index contributed by atoms with van der Waals surface area (Å²) in [6.45, 7) is 4.52. The Morgan fingerprint density at radius 2 is 2.25 bits per heavy atom. The first kappa shape index (κ1) is 13.5. The van der Waals surface area contributed by atoms with Crippen molar-refractivity contribution in [3.63, 3.8) is 0 Å². The molecule has 1 aromatic heterocycles. The Hall–Kier alpha value is -0.600. The Bertz CT molecular complexity index is 315. The van der Waals surface area contributed by atoms with Crippen LogP contribution < -0.4 is 5.32 Å². The van der Waals surface area contributed by atoms with Crippen LogP contribution in [0, 0.1) is 5.92 Å². The number of hydrogen-bond donors (Lipinski definition) is 1. The van der Waals surface area contributed by atoms with Crippen molar-refractivity contribution in [3.05, 3.63) is 29.0 Å². The molecule has 0 aromatic carbocycles. The minimum Gasteiger partial charge on any atom is -0.316 e. The molecule has 0 fully saturated rings. The number of nitrogens with one attached hydrogen (secondary N) is 1. The highest BCUT2D eigenvalue weighted by Gasteiger charge is 2.16. The molecule has 0 aliphatic carbocycles. The van der Waals surface area contributed by atoms with Crippen LogP contribution in [0.4, 0.5) is 0 Å². The van der Waals surface area contributed by atoms with Crippen LogP contribution in [0.1, 0.15) is 32.3 Å². The highest BCUT2D eigenvalue weighted by molar-refractivity contribution is 6.31. The Labute approximate surface area is 103 Å². The van der Waals surface area contributed by atoms with Crippen molar-refractivity contribution < 1.29 is 0 Å². The van der Waals surface area contributed by atoms with Crippen molar-refractivity contribution in [1.82, 2.24) is 10.3 Å². The topological polar surface area (TPSA) is 24.9 Å². The van der Waals surface area contributed by atoms with E-state index in [1.807, 2.05) is 13.1 Å². The number of rotatable bonds is 6. The minimum atomic E-state index is 0.486. The van der Waals surface area contributed by atoms with Crippen LogP contribution in [-0.2, 0) is 6.42 Å². The van der Waals surface area contributed by atoms with Gasteiger partial charge >= 0.3 is 0 Å². The van der Waals surface area contributed by atoms with Crippen molar-refractivity contribution >= 4 is 11.6 Å². The number of aromatic nitrogens is 1. The van der Waals surface area contributed by atoms with Gasteiger partial charge in [0.2, 0.25) is 0 Å². The van der Waals surface area contributed by atoms with Gasteiger partial charge in [0.15, 0.2) is 0 Å². The maximum atomic E-state index is 6.12. The van der Waals surface area contributed by atoms with Gasteiger partial charge in [0.1, 0.15) is 0 Å². The molecule has 1 aromatic rings. The Morgan fingerprint density at radius 3 is 2.81 bits per heavy atom. The fourth-order valence-corrected chi connectivity index (χ4v) is 2.25. The lowest BCUT2D eigenvalue weighted by Gasteiger charge is -2.23. The van der Waals surface area contributed by atoms with Gasteiger partial charge in [-0.25, -0.2) is 0 Å². The summed E-state index contributed by atoms with van der Waals surface area (Å²) in [7, 11) is 2.02. The van der Waals surface area contributed by atoms with E-state index in [4.69, 9.17) is 11.6 Å². The molecule has 1 heterocycles.